The molecule has 1 heterocycles. The maximum atomic E-state index is 12.2. The van der Waals surface area contributed by atoms with Gasteiger partial charge in [0, 0.05) is 7.05 Å². The van der Waals surface area contributed by atoms with Gasteiger partial charge in [0.05, 0.1) is 12.2 Å². The third-order valence-corrected chi connectivity index (χ3v) is 3.50. The van der Waals surface area contributed by atoms with Gasteiger partial charge < -0.3 is 4.90 Å². The lowest BCUT2D eigenvalue weighted by atomic mass is 9.92. The van der Waals surface area contributed by atoms with Crippen molar-refractivity contribution in [2.75, 3.05) is 7.05 Å². The van der Waals surface area contributed by atoms with Gasteiger partial charge in [-0.15, -0.1) is 12.4 Å². The first-order valence-corrected chi connectivity index (χ1v) is 6.46. The van der Waals surface area contributed by atoms with E-state index in [2.05, 4.69) is 38.2 Å². The van der Waals surface area contributed by atoms with Crippen LogP contribution >= 0.6 is 12.4 Å². The summed E-state index contributed by atoms with van der Waals surface area (Å²) in [5, 5.41) is 3.46. The fourth-order valence-electron chi connectivity index (χ4n) is 2.57. The highest BCUT2D eigenvalue weighted by atomic mass is 35.5. The van der Waals surface area contributed by atoms with E-state index in [1.54, 1.807) is 0 Å². The van der Waals surface area contributed by atoms with Gasteiger partial charge in [-0.05, 0) is 17.4 Å². The predicted molar refractivity (Wildman–Crippen MR) is 80.3 cm³/mol. The average Bonchev–Trinajstić information content (AvgIpc) is 2.58. The van der Waals surface area contributed by atoms with E-state index in [0.29, 0.717) is 0 Å². The Morgan fingerprint density at radius 2 is 1.79 bits per heavy atom. The minimum atomic E-state index is -0.0957. The van der Waals surface area contributed by atoms with Crippen LogP contribution in [-0.2, 0) is 11.2 Å². The largest absolute Gasteiger partial charge is 0.328 e. The molecule has 2 atom stereocenters. The number of halogens is 1. The van der Waals surface area contributed by atoms with Crippen LogP contribution in [0.5, 0.6) is 0 Å². The molecule has 0 bridgehead atoms. The van der Waals surface area contributed by atoms with Crippen LogP contribution < -0.4 is 5.32 Å². The summed E-state index contributed by atoms with van der Waals surface area (Å²) in [4.78, 5) is 14.1. The third-order valence-electron chi connectivity index (χ3n) is 3.50. The zero-order valence-electron chi connectivity index (χ0n) is 12.0. The first-order chi connectivity index (χ1) is 8.39. The molecule has 1 fully saturated rings. The number of hydrogen-bond acceptors (Lipinski definition) is 2. The van der Waals surface area contributed by atoms with E-state index >= 15 is 0 Å². The minimum absolute atomic E-state index is 0. The van der Waals surface area contributed by atoms with Crippen molar-refractivity contribution in [1.29, 1.82) is 0 Å². The summed E-state index contributed by atoms with van der Waals surface area (Å²) in [6.45, 7) is 6.46. The van der Waals surface area contributed by atoms with Crippen LogP contribution in [0.2, 0.25) is 0 Å². The molecule has 2 rings (SSSR count). The van der Waals surface area contributed by atoms with E-state index in [1.807, 2.05) is 30.1 Å². The van der Waals surface area contributed by atoms with E-state index in [0.717, 1.165) is 6.42 Å². The number of hydrogen-bond donors (Lipinski definition) is 1. The summed E-state index contributed by atoms with van der Waals surface area (Å²) in [6.07, 6.45) is 0.870. The molecular formula is C15H23ClN2O. The smallest absolute Gasteiger partial charge is 0.241 e. The Morgan fingerprint density at radius 3 is 2.26 bits per heavy atom. The number of benzene rings is 1. The maximum Gasteiger partial charge on any atom is 0.241 e. The van der Waals surface area contributed by atoms with Crippen molar-refractivity contribution in [2.45, 2.75) is 39.4 Å². The number of carbonyl (C=O) groups is 1. The van der Waals surface area contributed by atoms with Gasteiger partial charge in [0.2, 0.25) is 5.91 Å². The lowest BCUT2D eigenvalue weighted by Crippen LogP contribution is -2.45. The van der Waals surface area contributed by atoms with Gasteiger partial charge in [0.15, 0.2) is 0 Å². The average molecular weight is 283 g/mol. The van der Waals surface area contributed by atoms with Gasteiger partial charge in [0.1, 0.15) is 0 Å². The lowest BCUT2D eigenvalue weighted by molar-refractivity contribution is -0.129. The molecule has 3 nitrogen and oxygen atoms in total. The zero-order valence-corrected chi connectivity index (χ0v) is 12.8. The highest BCUT2D eigenvalue weighted by molar-refractivity contribution is 5.85. The summed E-state index contributed by atoms with van der Waals surface area (Å²) in [5.41, 5.74) is 1.25. The Kier molecular flexibility index (Phi) is 4.99. The van der Waals surface area contributed by atoms with E-state index in [4.69, 9.17) is 0 Å². The second-order valence-electron chi connectivity index (χ2n) is 6.13. The third kappa shape index (κ3) is 3.48. The SMILES string of the molecule is CN1C(=O)[C@H](Cc2ccccc2)N[C@H]1C(C)(C)C.Cl. The highest BCUT2D eigenvalue weighted by Crippen LogP contribution is 2.27. The summed E-state index contributed by atoms with van der Waals surface area (Å²) in [5.74, 6) is 0.193. The number of likely N-dealkylation sites (N-methyl/N-ethyl adjacent to an activating group) is 1. The van der Waals surface area contributed by atoms with Crippen LogP contribution in [0, 0.1) is 5.41 Å². The van der Waals surface area contributed by atoms with Crippen LogP contribution in [0.3, 0.4) is 0 Å². The summed E-state index contributed by atoms with van der Waals surface area (Å²) in [7, 11) is 1.89. The van der Waals surface area contributed by atoms with E-state index in [9.17, 15) is 4.79 Å². The van der Waals surface area contributed by atoms with Gasteiger partial charge in [-0.1, -0.05) is 51.1 Å². The van der Waals surface area contributed by atoms with Gasteiger partial charge in [-0.25, -0.2) is 0 Å². The number of nitrogens with zero attached hydrogens (tertiary/aromatic N) is 1. The number of amides is 1. The number of carbonyl (C=O) groups excluding carboxylic acids is 1. The van der Waals surface area contributed by atoms with Gasteiger partial charge >= 0.3 is 0 Å². The molecule has 0 spiro atoms. The van der Waals surface area contributed by atoms with Gasteiger partial charge in [0.25, 0.3) is 0 Å². The molecule has 0 unspecified atom stereocenters. The highest BCUT2D eigenvalue weighted by Gasteiger charge is 2.41. The molecule has 1 amide bonds. The minimum Gasteiger partial charge on any atom is -0.328 e. The monoisotopic (exact) mass is 282 g/mol. The van der Waals surface area contributed by atoms with E-state index in [-0.39, 0.29) is 35.9 Å². The molecule has 106 valence electrons. The van der Waals surface area contributed by atoms with Crippen molar-refractivity contribution in [1.82, 2.24) is 10.2 Å². The van der Waals surface area contributed by atoms with Crippen LogP contribution in [0.15, 0.2) is 30.3 Å². The Bertz CT molecular complexity index is 428. The number of rotatable bonds is 2. The molecule has 0 radical (unpaired) electrons. The molecule has 1 aromatic carbocycles. The zero-order chi connectivity index (χ0) is 13.3. The second kappa shape index (κ2) is 5.93. The Balaban J connectivity index is 0.00000180. The summed E-state index contributed by atoms with van der Waals surface area (Å²) < 4.78 is 0. The lowest BCUT2D eigenvalue weighted by Gasteiger charge is -2.32. The maximum absolute atomic E-state index is 12.2. The second-order valence-corrected chi connectivity index (χ2v) is 6.13. The first-order valence-electron chi connectivity index (χ1n) is 6.46. The van der Waals surface area contributed by atoms with Crippen molar-refractivity contribution < 1.29 is 4.79 Å². The predicted octanol–water partition coefficient (Wildman–Crippen LogP) is 2.45. The molecule has 4 heteroatoms. The Morgan fingerprint density at radius 1 is 1.21 bits per heavy atom. The molecule has 1 aliphatic rings. The molecule has 1 aliphatic heterocycles. The Labute approximate surface area is 121 Å². The summed E-state index contributed by atoms with van der Waals surface area (Å²) >= 11 is 0. The van der Waals surface area contributed by atoms with Crippen LogP contribution in [0.25, 0.3) is 0 Å². The molecule has 19 heavy (non-hydrogen) atoms. The fraction of sp³-hybridized carbons (Fsp3) is 0.533. The molecule has 0 saturated carbocycles. The van der Waals surface area contributed by atoms with E-state index < -0.39 is 0 Å². The standard InChI is InChI=1S/C15H22N2O.ClH/c1-15(2,3)14-16-12(13(18)17(14)4)10-11-8-6-5-7-9-11;/h5-9,12,14,16H,10H2,1-4H3;1H/t12-,14+;/m0./s1. The molecular weight excluding hydrogens is 260 g/mol. The summed E-state index contributed by atoms with van der Waals surface area (Å²) in [6, 6.07) is 10.1. The number of nitrogens with one attached hydrogen (secondary N) is 1. The van der Waals surface area contributed by atoms with Crippen molar-refractivity contribution in [3.8, 4) is 0 Å². The fourth-order valence-corrected chi connectivity index (χ4v) is 2.57. The molecule has 1 N–H and O–H groups in total. The molecule has 0 aliphatic carbocycles. The normalized spacial score (nSPS) is 23.4. The van der Waals surface area contributed by atoms with Gasteiger partial charge in [-0.2, -0.15) is 0 Å². The van der Waals surface area contributed by atoms with Crippen molar-refractivity contribution in [3.05, 3.63) is 35.9 Å². The molecule has 1 aromatic rings. The van der Waals surface area contributed by atoms with Crippen molar-refractivity contribution >= 4 is 18.3 Å². The quantitative estimate of drug-likeness (QED) is 0.904. The molecule has 0 aromatic heterocycles. The van der Waals surface area contributed by atoms with Crippen molar-refractivity contribution in [2.24, 2.45) is 5.41 Å². The van der Waals surface area contributed by atoms with Crippen molar-refractivity contribution in [3.63, 3.8) is 0 Å². The van der Waals surface area contributed by atoms with Crippen LogP contribution in [0.1, 0.15) is 26.3 Å². The first kappa shape index (κ1) is 16.0. The Hall–Kier alpha value is -1.06. The topological polar surface area (TPSA) is 32.3 Å². The molecule has 1 saturated heterocycles. The van der Waals surface area contributed by atoms with Crippen LogP contribution in [-0.4, -0.2) is 30.1 Å². The van der Waals surface area contributed by atoms with E-state index in [1.165, 1.54) is 5.56 Å². The van der Waals surface area contributed by atoms with Gasteiger partial charge in [-0.3, -0.25) is 10.1 Å². The van der Waals surface area contributed by atoms with Crippen LogP contribution in [0.4, 0.5) is 0 Å².